The van der Waals surface area contributed by atoms with Crippen LogP contribution in [0.25, 0.3) is 0 Å². The lowest BCUT2D eigenvalue weighted by atomic mass is 9.96. The second kappa shape index (κ2) is 7.03. The summed E-state index contributed by atoms with van der Waals surface area (Å²) in [6.07, 6.45) is 3.56. The molecule has 1 aromatic heterocycles. The van der Waals surface area contributed by atoms with Crippen LogP contribution in [0.2, 0.25) is 0 Å². The standard InChI is InChI=1S/C19H24N2O2S/c1-19(2,23)16-9-6-12-21(16)18(22)15-13-24-17(20-15)11-10-14-7-4-3-5-8-14/h3-5,7-8,13,16,23H,6,9-12H2,1-2H3. The van der Waals surface area contributed by atoms with Crippen LogP contribution in [0.1, 0.15) is 47.7 Å². The first kappa shape index (κ1) is 17.1. The summed E-state index contributed by atoms with van der Waals surface area (Å²) in [6.45, 7) is 4.25. The molecule has 128 valence electrons. The van der Waals surface area contributed by atoms with Crippen molar-refractivity contribution in [2.75, 3.05) is 6.54 Å². The van der Waals surface area contributed by atoms with Crippen molar-refractivity contribution in [3.05, 3.63) is 52.0 Å². The molecule has 1 aromatic carbocycles. The van der Waals surface area contributed by atoms with Crippen molar-refractivity contribution < 1.29 is 9.90 Å². The highest BCUT2D eigenvalue weighted by Crippen LogP contribution is 2.28. The van der Waals surface area contributed by atoms with E-state index in [9.17, 15) is 9.90 Å². The van der Waals surface area contributed by atoms with Gasteiger partial charge in [0.1, 0.15) is 5.69 Å². The minimum Gasteiger partial charge on any atom is -0.388 e. The molecule has 1 aliphatic heterocycles. The number of aromatic nitrogens is 1. The van der Waals surface area contributed by atoms with E-state index in [1.165, 1.54) is 5.56 Å². The first-order chi connectivity index (χ1) is 11.4. The molecule has 1 N–H and O–H groups in total. The molecule has 0 radical (unpaired) electrons. The predicted molar refractivity (Wildman–Crippen MR) is 96.3 cm³/mol. The normalized spacial score (nSPS) is 18.1. The number of thiazole rings is 1. The zero-order valence-electron chi connectivity index (χ0n) is 14.2. The molecule has 0 bridgehead atoms. The van der Waals surface area contributed by atoms with E-state index in [2.05, 4.69) is 17.1 Å². The summed E-state index contributed by atoms with van der Waals surface area (Å²) >= 11 is 1.54. The fraction of sp³-hybridized carbons (Fsp3) is 0.474. The first-order valence-electron chi connectivity index (χ1n) is 8.47. The Morgan fingerprint density at radius 2 is 2.08 bits per heavy atom. The van der Waals surface area contributed by atoms with Crippen LogP contribution in [-0.2, 0) is 12.8 Å². The van der Waals surface area contributed by atoms with Gasteiger partial charge in [0, 0.05) is 18.3 Å². The maximum Gasteiger partial charge on any atom is 0.273 e. The van der Waals surface area contributed by atoms with Crippen LogP contribution < -0.4 is 0 Å². The van der Waals surface area contributed by atoms with Crippen molar-refractivity contribution in [1.29, 1.82) is 0 Å². The van der Waals surface area contributed by atoms with Crippen LogP contribution in [0.5, 0.6) is 0 Å². The molecule has 5 heteroatoms. The van der Waals surface area contributed by atoms with Gasteiger partial charge >= 0.3 is 0 Å². The molecule has 1 atom stereocenters. The Morgan fingerprint density at radius 3 is 2.79 bits per heavy atom. The van der Waals surface area contributed by atoms with Gasteiger partial charge in [0.2, 0.25) is 0 Å². The van der Waals surface area contributed by atoms with E-state index in [1.54, 1.807) is 30.1 Å². The van der Waals surface area contributed by atoms with E-state index in [0.29, 0.717) is 12.2 Å². The number of nitrogens with zero attached hydrogens (tertiary/aromatic N) is 2. The largest absolute Gasteiger partial charge is 0.388 e. The van der Waals surface area contributed by atoms with Gasteiger partial charge in [0.25, 0.3) is 5.91 Å². The van der Waals surface area contributed by atoms with Gasteiger partial charge in [-0.1, -0.05) is 30.3 Å². The number of hydrogen-bond donors (Lipinski definition) is 1. The molecule has 1 aliphatic rings. The lowest BCUT2D eigenvalue weighted by molar-refractivity contribution is 0.000144. The number of likely N-dealkylation sites (tertiary alicyclic amines) is 1. The third kappa shape index (κ3) is 3.84. The molecule has 2 heterocycles. The summed E-state index contributed by atoms with van der Waals surface area (Å²) in [5.41, 5.74) is 0.916. The Balaban J connectivity index is 1.65. The molecule has 1 amide bonds. The maximum atomic E-state index is 12.8. The van der Waals surface area contributed by atoms with E-state index in [-0.39, 0.29) is 11.9 Å². The summed E-state index contributed by atoms with van der Waals surface area (Å²) in [6, 6.07) is 10.2. The Bertz CT molecular complexity index is 691. The van der Waals surface area contributed by atoms with Crippen LogP contribution in [0.3, 0.4) is 0 Å². The van der Waals surface area contributed by atoms with E-state index in [4.69, 9.17) is 0 Å². The van der Waals surface area contributed by atoms with E-state index < -0.39 is 5.60 Å². The lowest BCUT2D eigenvalue weighted by Crippen LogP contribution is -2.48. The molecule has 3 rings (SSSR count). The minimum absolute atomic E-state index is 0.0539. The zero-order chi connectivity index (χ0) is 17.2. The Hall–Kier alpha value is -1.72. The fourth-order valence-electron chi connectivity index (χ4n) is 3.31. The highest BCUT2D eigenvalue weighted by Gasteiger charge is 2.39. The Morgan fingerprint density at radius 1 is 1.33 bits per heavy atom. The van der Waals surface area contributed by atoms with Crippen LogP contribution in [-0.4, -0.2) is 39.1 Å². The molecule has 1 fully saturated rings. The summed E-state index contributed by atoms with van der Waals surface area (Å²) in [4.78, 5) is 19.1. The summed E-state index contributed by atoms with van der Waals surface area (Å²) in [5, 5.41) is 13.1. The van der Waals surface area contributed by atoms with Crippen molar-refractivity contribution in [2.45, 2.75) is 51.2 Å². The van der Waals surface area contributed by atoms with Crippen LogP contribution >= 0.6 is 11.3 Å². The Kier molecular flexibility index (Phi) is 5.01. The van der Waals surface area contributed by atoms with Gasteiger partial charge < -0.3 is 10.0 Å². The fourth-order valence-corrected chi connectivity index (χ4v) is 4.08. The van der Waals surface area contributed by atoms with Crippen LogP contribution in [0.4, 0.5) is 0 Å². The molecular weight excluding hydrogens is 320 g/mol. The molecule has 0 saturated carbocycles. The number of carbonyl (C=O) groups excluding carboxylic acids is 1. The topological polar surface area (TPSA) is 53.4 Å². The lowest BCUT2D eigenvalue weighted by Gasteiger charge is -2.33. The van der Waals surface area contributed by atoms with Gasteiger partial charge in [-0.3, -0.25) is 4.79 Å². The van der Waals surface area contributed by atoms with Crippen molar-refractivity contribution in [3.8, 4) is 0 Å². The number of benzene rings is 1. The third-order valence-electron chi connectivity index (χ3n) is 4.57. The van der Waals surface area contributed by atoms with Gasteiger partial charge in [-0.25, -0.2) is 4.98 Å². The molecular formula is C19H24N2O2S. The second-order valence-electron chi connectivity index (χ2n) is 6.92. The molecule has 1 saturated heterocycles. The second-order valence-corrected chi connectivity index (χ2v) is 7.86. The maximum absolute atomic E-state index is 12.8. The molecule has 1 unspecified atom stereocenters. The average Bonchev–Trinajstić information content (AvgIpc) is 3.22. The number of aryl methyl sites for hydroxylation is 2. The van der Waals surface area contributed by atoms with Crippen molar-refractivity contribution in [2.24, 2.45) is 0 Å². The number of carbonyl (C=O) groups is 1. The molecule has 0 spiro atoms. The molecule has 0 aliphatic carbocycles. The van der Waals surface area contributed by atoms with E-state index >= 15 is 0 Å². The first-order valence-corrected chi connectivity index (χ1v) is 9.35. The SMILES string of the molecule is CC(C)(O)C1CCCN1C(=O)c1csc(CCc2ccccc2)n1. The minimum atomic E-state index is -0.877. The van der Waals surface area contributed by atoms with Crippen molar-refractivity contribution in [1.82, 2.24) is 9.88 Å². The smallest absolute Gasteiger partial charge is 0.273 e. The monoisotopic (exact) mass is 344 g/mol. The summed E-state index contributed by atoms with van der Waals surface area (Å²) < 4.78 is 0. The van der Waals surface area contributed by atoms with E-state index in [0.717, 1.165) is 30.7 Å². The van der Waals surface area contributed by atoms with Gasteiger partial charge in [0.05, 0.1) is 16.7 Å². The quantitative estimate of drug-likeness (QED) is 0.905. The zero-order valence-corrected chi connectivity index (χ0v) is 15.1. The molecule has 2 aromatic rings. The van der Waals surface area contributed by atoms with Crippen LogP contribution in [0.15, 0.2) is 35.7 Å². The average molecular weight is 344 g/mol. The van der Waals surface area contributed by atoms with Gasteiger partial charge in [0.15, 0.2) is 0 Å². The Labute approximate surface area is 147 Å². The van der Waals surface area contributed by atoms with Crippen molar-refractivity contribution in [3.63, 3.8) is 0 Å². The number of aliphatic hydroxyl groups is 1. The summed E-state index contributed by atoms with van der Waals surface area (Å²) in [5.74, 6) is -0.0539. The number of rotatable bonds is 5. The van der Waals surface area contributed by atoms with E-state index in [1.807, 2.05) is 23.6 Å². The van der Waals surface area contributed by atoms with Crippen LogP contribution in [0, 0.1) is 0 Å². The molecule has 24 heavy (non-hydrogen) atoms. The third-order valence-corrected chi connectivity index (χ3v) is 5.48. The summed E-state index contributed by atoms with van der Waals surface area (Å²) in [7, 11) is 0. The highest BCUT2D eigenvalue weighted by molar-refractivity contribution is 7.09. The molecule has 4 nitrogen and oxygen atoms in total. The van der Waals surface area contributed by atoms with Gasteiger partial charge in [-0.15, -0.1) is 11.3 Å². The number of hydrogen-bond acceptors (Lipinski definition) is 4. The van der Waals surface area contributed by atoms with Gasteiger partial charge in [-0.2, -0.15) is 0 Å². The predicted octanol–water partition coefficient (Wildman–Crippen LogP) is 3.30. The van der Waals surface area contributed by atoms with Gasteiger partial charge in [-0.05, 0) is 38.7 Å². The number of amides is 1. The van der Waals surface area contributed by atoms with Crippen molar-refractivity contribution >= 4 is 17.2 Å². The highest BCUT2D eigenvalue weighted by atomic mass is 32.1.